The van der Waals surface area contributed by atoms with Crippen molar-refractivity contribution in [3.8, 4) is 0 Å². The lowest BCUT2D eigenvalue weighted by atomic mass is 10.4. The van der Waals surface area contributed by atoms with Crippen LogP contribution in [0.15, 0.2) is 0 Å². The zero-order chi connectivity index (χ0) is 10.6. The van der Waals surface area contributed by atoms with Gasteiger partial charge in [-0.1, -0.05) is 0 Å². The van der Waals surface area contributed by atoms with Crippen molar-refractivity contribution in [2.75, 3.05) is 32.8 Å². The monoisotopic (exact) mass is 204 g/mol. The van der Waals surface area contributed by atoms with Gasteiger partial charge < -0.3 is 20.2 Å². The van der Waals surface area contributed by atoms with Gasteiger partial charge >= 0.3 is 6.09 Å². The van der Waals surface area contributed by atoms with Gasteiger partial charge in [0.2, 0.25) is 0 Å². The molecule has 1 aliphatic rings. The average molecular weight is 204 g/mol. The molecule has 7 heteroatoms. The smallest absolute Gasteiger partial charge is 0.452 e. The first kappa shape index (κ1) is 11.2. The number of hydroxylamine groups is 4. The third kappa shape index (κ3) is 3.11. The van der Waals surface area contributed by atoms with Crippen molar-refractivity contribution in [1.82, 2.24) is 10.5 Å². The van der Waals surface area contributed by atoms with Crippen molar-refractivity contribution in [2.24, 2.45) is 0 Å². The van der Waals surface area contributed by atoms with Gasteiger partial charge in [-0.2, -0.15) is 5.43 Å². The van der Waals surface area contributed by atoms with Crippen LogP contribution in [0.2, 0.25) is 0 Å². The van der Waals surface area contributed by atoms with E-state index >= 15 is 0 Å². The van der Waals surface area contributed by atoms with E-state index in [-0.39, 0.29) is 32.8 Å². The maximum atomic E-state index is 11.7. The summed E-state index contributed by atoms with van der Waals surface area (Å²) in [6, 6.07) is 0. The average Bonchev–Trinajstić information content (AvgIpc) is 2.11. The van der Waals surface area contributed by atoms with Gasteiger partial charge in [0.05, 0.1) is 6.61 Å². The maximum Gasteiger partial charge on any atom is 0.452 e. The molecule has 7 nitrogen and oxygen atoms in total. The summed E-state index contributed by atoms with van der Waals surface area (Å²) in [5.41, 5.74) is 2.17. The first-order valence-electron chi connectivity index (χ1n) is 4.51. The van der Waals surface area contributed by atoms with Crippen molar-refractivity contribution in [3.05, 3.63) is 10.4 Å². The summed E-state index contributed by atoms with van der Waals surface area (Å²) in [7, 11) is 0. The molecule has 1 heterocycles. The molecule has 0 saturated carbocycles. The molecule has 0 aromatic carbocycles. The lowest BCUT2D eigenvalue weighted by Gasteiger charge is -2.47. The van der Waals surface area contributed by atoms with E-state index in [9.17, 15) is 15.2 Å². The summed E-state index contributed by atoms with van der Waals surface area (Å²) in [6.07, 6.45) is -0.734. The molecule has 1 fully saturated rings. The Hall–Kier alpha value is -0.890. The molecule has 0 aliphatic carbocycles. The molecule has 1 N–H and O–H groups in total. The standard InChI is InChI=1S/C7H14N3O4/c1-2-14-7(11)8-10(13)5-3-9(12)4-6-10/h2-6H2,1H3,(H,8,11)/q-1. The van der Waals surface area contributed by atoms with Gasteiger partial charge in [0.25, 0.3) is 0 Å². The van der Waals surface area contributed by atoms with Gasteiger partial charge in [-0.25, -0.2) is 4.79 Å². The summed E-state index contributed by atoms with van der Waals surface area (Å²) in [5.74, 6) is 0. The van der Waals surface area contributed by atoms with Crippen LogP contribution >= 0.6 is 0 Å². The minimum atomic E-state index is -0.877. The number of nitrogens with one attached hydrogen (secondary N) is 1. The van der Waals surface area contributed by atoms with E-state index in [0.717, 1.165) is 5.06 Å². The molecule has 82 valence electrons. The number of hydrogen-bond acceptors (Lipinski definition) is 5. The van der Waals surface area contributed by atoms with E-state index in [0.29, 0.717) is 0 Å². The summed E-state index contributed by atoms with van der Waals surface area (Å²) < 4.78 is 3.70. The van der Waals surface area contributed by atoms with E-state index in [4.69, 9.17) is 0 Å². The van der Waals surface area contributed by atoms with E-state index < -0.39 is 10.8 Å². The quantitative estimate of drug-likeness (QED) is 0.496. The maximum absolute atomic E-state index is 11.7. The highest BCUT2D eigenvalue weighted by molar-refractivity contribution is 5.65. The fraction of sp³-hybridized carbons (Fsp3) is 0.857. The number of quaternary nitrogens is 1. The van der Waals surface area contributed by atoms with Crippen LogP contribution in [-0.4, -0.2) is 48.7 Å². The summed E-state index contributed by atoms with van der Waals surface area (Å²) in [4.78, 5) is 11.0. The van der Waals surface area contributed by atoms with Crippen molar-refractivity contribution in [1.29, 1.82) is 0 Å². The van der Waals surface area contributed by atoms with Crippen LogP contribution in [-0.2, 0) is 4.74 Å². The fourth-order valence-corrected chi connectivity index (χ4v) is 1.21. The van der Waals surface area contributed by atoms with E-state index in [1.165, 1.54) is 0 Å². The molecule has 0 aromatic rings. The summed E-state index contributed by atoms with van der Waals surface area (Å²) in [5, 5.41) is 23.3. The number of ether oxygens (including phenoxy) is 1. The topological polar surface area (TPSA) is 87.7 Å². The molecule has 1 amide bonds. The van der Waals surface area contributed by atoms with Gasteiger partial charge in [-0.3, -0.25) is 4.76 Å². The van der Waals surface area contributed by atoms with Crippen LogP contribution < -0.4 is 5.43 Å². The third-order valence-electron chi connectivity index (χ3n) is 1.99. The van der Waals surface area contributed by atoms with Crippen molar-refractivity contribution < 1.29 is 14.3 Å². The fourth-order valence-electron chi connectivity index (χ4n) is 1.21. The molecule has 0 radical (unpaired) electrons. The molecule has 14 heavy (non-hydrogen) atoms. The second-order valence-electron chi connectivity index (χ2n) is 3.10. The molecular formula is C7H14N3O4-. The molecule has 0 atom stereocenters. The van der Waals surface area contributed by atoms with Crippen molar-refractivity contribution in [3.63, 3.8) is 0 Å². The van der Waals surface area contributed by atoms with Crippen LogP contribution in [0.1, 0.15) is 6.92 Å². The third-order valence-corrected chi connectivity index (χ3v) is 1.99. The van der Waals surface area contributed by atoms with Gasteiger partial charge in [0.1, 0.15) is 13.1 Å². The SMILES string of the molecule is CCOC(=O)N[N+]1([O-])CCN([O-])CC1. The highest BCUT2D eigenvalue weighted by Gasteiger charge is 2.24. The van der Waals surface area contributed by atoms with Crippen LogP contribution in [0, 0.1) is 10.4 Å². The highest BCUT2D eigenvalue weighted by atomic mass is 16.6. The Morgan fingerprint density at radius 1 is 1.57 bits per heavy atom. The number of nitrogens with zero attached hydrogens (tertiary/aromatic N) is 2. The molecule has 1 saturated heterocycles. The lowest BCUT2D eigenvalue weighted by molar-refractivity contribution is -0.919. The predicted octanol–water partition coefficient (Wildman–Crippen LogP) is -0.224. The Balaban J connectivity index is 2.38. The minimum Gasteiger partial charge on any atom is -0.785 e. The van der Waals surface area contributed by atoms with Crippen LogP contribution in [0.5, 0.6) is 0 Å². The summed E-state index contributed by atoms with van der Waals surface area (Å²) in [6.45, 7) is 2.26. The number of piperazine rings is 1. The van der Waals surface area contributed by atoms with Crippen LogP contribution in [0.25, 0.3) is 0 Å². The van der Waals surface area contributed by atoms with Crippen molar-refractivity contribution >= 4 is 6.09 Å². The molecule has 1 rings (SSSR count). The number of hydrogen-bond donors (Lipinski definition) is 1. The number of rotatable bonds is 2. The zero-order valence-electron chi connectivity index (χ0n) is 8.06. The molecular weight excluding hydrogens is 190 g/mol. The zero-order valence-corrected chi connectivity index (χ0v) is 8.06. The first-order valence-corrected chi connectivity index (χ1v) is 4.51. The van der Waals surface area contributed by atoms with E-state index in [1.807, 2.05) is 0 Å². The van der Waals surface area contributed by atoms with Gasteiger partial charge in [-0.05, 0) is 6.92 Å². The second kappa shape index (κ2) is 4.56. The normalized spacial score (nSPS) is 21.6. The van der Waals surface area contributed by atoms with Crippen molar-refractivity contribution in [2.45, 2.75) is 6.92 Å². The Labute approximate surface area is 81.9 Å². The highest BCUT2D eigenvalue weighted by Crippen LogP contribution is 2.06. The Morgan fingerprint density at radius 2 is 2.14 bits per heavy atom. The second-order valence-corrected chi connectivity index (χ2v) is 3.10. The van der Waals surface area contributed by atoms with E-state index in [2.05, 4.69) is 10.2 Å². The molecule has 0 aromatic heterocycles. The number of amides is 1. The Bertz CT molecular complexity index is 203. The van der Waals surface area contributed by atoms with Crippen LogP contribution in [0.3, 0.4) is 0 Å². The summed E-state index contributed by atoms with van der Waals surface area (Å²) >= 11 is 0. The van der Waals surface area contributed by atoms with Gasteiger partial charge in [0, 0.05) is 13.1 Å². The van der Waals surface area contributed by atoms with Gasteiger partial charge in [-0.15, -0.1) is 0 Å². The minimum absolute atomic E-state index is 0.0579. The Morgan fingerprint density at radius 3 is 2.64 bits per heavy atom. The molecule has 0 unspecified atom stereocenters. The van der Waals surface area contributed by atoms with Crippen LogP contribution in [0.4, 0.5) is 4.79 Å². The predicted molar refractivity (Wildman–Crippen MR) is 48.5 cm³/mol. The van der Waals surface area contributed by atoms with E-state index in [1.54, 1.807) is 6.92 Å². The number of carbonyl (C=O) groups excluding carboxylic acids is 1. The molecule has 1 aliphatic heterocycles. The van der Waals surface area contributed by atoms with Gasteiger partial charge in [0.15, 0.2) is 0 Å². The molecule has 0 bridgehead atoms. The number of carbonyl (C=O) groups is 1. The largest absolute Gasteiger partial charge is 0.785 e. The Kier molecular flexibility index (Phi) is 3.64. The lowest BCUT2D eigenvalue weighted by Crippen LogP contribution is -2.63. The molecule has 0 spiro atoms. The first-order chi connectivity index (χ1) is 6.56.